The number of morpholine rings is 1. The number of hydrogen-bond donors (Lipinski definition) is 2. The number of carbonyl (C=O) groups excluding carboxylic acids is 2. The summed E-state index contributed by atoms with van der Waals surface area (Å²) in [4.78, 5) is 30.5. The van der Waals surface area contributed by atoms with Gasteiger partial charge >= 0.3 is 0 Å². The first kappa shape index (κ1) is 23.7. The second-order valence-corrected chi connectivity index (χ2v) is 8.54. The summed E-state index contributed by atoms with van der Waals surface area (Å²) < 4.78 is 21.8. The fraction of sp³-hybridized carbons (Fsp3) is 0.308. The Hall–Kier alpha value is -4.02. The van der Waals surface area contributed by atoms with E-state index in [0.717, 1.165) is 0 Å². The maximum Gasteiger partial charge on any atom is 0.290 e. The van der Waals surface area contributed by atoms with E-state index < -0.39 is 23.5 Å². The molecule has 1 saturated heterocycles. The lowest BCUT2D eigenvalue weighted by atomic mass is 9.94. The second kappa shape index (κ2) is 9.92. The molecule has 1 fully saturated rings. The molecule has 0 bridgehead atoms. The summed E-state index contributed by atoms with van der Waals surface area (Å²) in [5, 5.41) is 21.1. The van der Waals surface area contributed by atoms with Gasteiger partial charge in [-0.25, -0.2) is 0 Å². The number of ketones is 1. The maximum absolute atomic E-state index is 13.5. The molecule has 10 heteroatoms. The third kappa shape index (κ3) is 4.25. The lowest BCUT2D eigenvalue weighted by Crippen LogP contribution is -2.45. The smallest absolute Gasteiger partial charge is 0.290 e. The molecule has 0 spiro atoms. The fourth-order valence-corrected chi connectivity index (χ4v) is 4.77. The Bertz CT molecular complexity index is 1260. The number of furan rings is 2. The number of methoxy groups -OCH3 is 1. The number of benzene rings is 1. The first-order valence-electron chi connectivity index (χ1n) is 11.5. The zero-order valence-corrected chi connectivity index (χ0v) is 19.6. The normalized spacial score (nSPS) is 19.6. The molecule has 4 heterocycles. The zero-order chi connectivity index (χ0) is 25.2. The molecule has 0 radical (unpaired) electrons. The van der Waals surface area contributed by atoms with Gasteiger partial charge in [0.05, 0.1) is 50.5 Å². The minimum Gasteiger partial charge on any atom is -0.504 e. The van der Waals surface area contributed by atoms with Crippen molar-refractivity contribution in [3.8, 4) is 11.5 Å². The van der Waals surface area contributed by atoms with Gasteiger partial charge in [0.2, 0.25) is 5.78 Å². The van der Waals surface area contributed by atoms with Gasteiger partial charge in [-0.15, -0.1) is 0 Å². The average molecular weight is 495 g/mol. The van der Waals surface area contributed by atoms with Crippen molar-refractivity contribution in [3.05, 3.63) is 83.4 Å². The standard InChI is InChI=1S/C26H26N2O8/c1-33-21-14-16(6-7-18(21)29)23-22(24(30)20-5-3-11-36-20)25(31)26(32)28(23)15-17(19-4-2-10-35-19)27-8-12-34-13-9-27/h2-7,10-11,14,17,23,29,31H,8-9,12-13,15H2,1H3. The monoisotopic (exact) mass is 494 g/mol. The number of aliphatic hydroxyl groups excluding tert-OH is 1. The molecule has 2 unspecified atom stereocenters. The Balaban J connectivity index is 1.58. The quantitative estimate of drug-likeness (QED) is 0.454. The molecule has 1 amide bonds. The van der Waals surface area contributed by atoms with Gasteiger partial charge in [0.1, 0.15) is 5.76 Å². The minimum absolute atomic E-state index is 0.00212. The number of hydrogen-bond acceptors (Lipinski definition) is 9. The first-order valence-corrected chi connectivity index (χ1v) is 11.5. The number of aromatic hydroxyl groups is 1. The first-order chi connectivity index (χ1) is 17.5. The van der Waals surface area contributed by atoms with Crippen molar-refractivity contribution in [1.29, 1.82) is 0 Å². The molecule has 5 rings (SSSR count). The van der Waals surface area contributed by atoms with Gasteiger partial charge in [-0.1, -0.05) is 6.07 Å². The topological polar surface area (TPSA) is 126 Å². The van der Waals surface area contributed by atoms with Crippen LogP contribution in [0.2, 0.25) is 0 Å². The third-order valence-electron chi connectivity index (χ3n) is 6.54. The number of phenols is 1. The molecule has 2 aromatic heterocycles. The Kier molecular flexibility index (Phi) is 6.53. The average Bonchev–Trinajstić information content (AvgIpc) is 3.67. The predicted molar refractivity (Wildman–Crippen MR) is 126 cm³/mol. The van der Waals surface area contributed by atoms with Gasteiger partial charge in [0, 0.05) is 19.6 Å². The lowest BCUT2D eigenvalue weighted by molar-refractivity contribution is -0.130. The fourth-order valence-electron chi connectivity index (χ4n) is 4.77. The molecule has 36 heavy (non-hydrogen) atoms. The van der Waals surface area contributed by atoms with E-state index in [1.807, 2.05) is 6.07 Å². The Morgan fingerprint density at radius 2 is 1.86 bits per heavy atom. The van der Waals surface area contributed by atoms with Crippen molar-refractivity contribution >= 4 is 11.7 Å². The summed E-state index contributed by atoms with van der Waals surface area (Å²) >= 11 is 0. The number of ether oxygens (including phenoxy) is 2. The molecule has 2 N–H and O–H groups in total. The second-order valence-electron chi connectivity index (χ2n) is 8.54. The Morgan fingerprint density at radius 3 is 2.53 bits per heavy atom. The molecule has 188 valence electrons. The molecule has 2 atom stereocenters. The van der Waals surface area contributed by atoms with Crippen LogP contribution in [0.5, 0.6) is 11.5 Å². The number of aliphatic hydroxyl groups is 1. The van der Waals surface area contributed by atoms with Crippen LogP contribution in [-0.2, 0) is 9.53 Å². The molecule has 2 aliphatic rings. The Labute approximate surface area is 206 Å². The van der Waals surface area contributed by atoms with Crippen LogP contribution in [0.25, 0.3) is 0 Å². The number of rotatable bonds is 8. The number of amides is 1. The summed E-state index contributed by atoms with van der Waals surface area (Å²) in [7, 11) is 1.41. The van der Waals surface area contributed by atoms with Crippen LogP contribution < -0.4 is 4.74 Å². The highest BCUT2D eigenvalue weighted by Crippen LogP contribution is 2.43. The van der Waals surface area contributed by atoms with Crippen molar-refractivity contribution in [3.63, 3.8) is 0 Å². The summed E-state index contributed by atoms with van der Waals surface area (Å²) in [5.74, 6) is -1.21. The van der Waals surface area contributed by atoms with Crippen molar-refractivity contribution in [2.24, 2.45) is 0 Å². The molecule has 1 aromatic carbocycles. The van der Waals surface area contributed by atoms with Crippen LogP contribution >= 0.6 is 0 Å². The number of nitrogens with zero attached hydrogens (tertiary/aromatic N) is 2. The molecule has 0 aliphatic carbocycles. The number of Topliss-reactive ketones (excluding diaryl/α,β-unsaturated/α-hetero) is 1. The van der Waals surface area contributed by atoms with Gasteiger partial charge in [0.15, 0.2) is 23.0 Å². The number of phenolic OH excluding ortho intramolecular Hbond substituents is 1. The van der Waals surface area contributed by atoms with Gasteiger partial charge < -0.3 is 33.4 Å². The van der Waals surface area contributed by atoms with E-state index in [1.165, 1.54) is 30.4 Å². The van der Waals surface area contributed by atoms with Gasteiger partial charge in [0.25, 0.3) is 5.91 Å². The van der Waals surface area contributed by atoms with E-state index in [1.54, 1.807) is 30.5 Å². The van der Waals surface area contributed by atoms with E-state index in [4.69, 9.17) is 18.3 Å². The van der Waals surface area contributed by atoms with Crippen LogP contribution in [-0.4, -0.2) is 71.7 Å². The Morgan fingerprint density at radius 1 is 1.11 bits per heavy atom. The highest BCUT2D eigenvalue weighted by molar-refractivity contribution is 6.15. The SMILES string of the molecule is COc1cc(C2C(C(=O)c3ccco3)=C(O)C(=O)N2CC(c2ccco2)N2CCOCC2)ccc1O. The molecule has 10 nitrogen and oxygen atoms in total. The predicted octanol–water partition coefficient (Wildman–Crippen LogP) is 3.24. The van der Waals surface area contributed by atoms with Crippen LogP contribution in [0.4, 0.5) is 0 Å². The summed E-state index contributed by atoms with van der Waals surface area (Å²) in [6.07, 6.45) is 2.92. The van der Waals surface area contributed by atoms with E-state index in [9.17, 15) is 19.8 Å². The van der Waals surface area contributed by atoms with E-state index >= 15 is 0 Å². The van der Waals surface area contributed by atoms with Crippen LogP contribution in [0.3, 0.4) is 0 Å². The largest absolute Gasteiger partial charge is 0.504 e. The zero-order valence-electron chi connectivity index (χ0n) is 19.6. The third-order valence-corrected chi connectivity index (χ3v) is 6.54. The highest BCUT2D eigenvalue weighted by Gasteiger charge is 2.46. The van der Waals surface area contributed by atoms with E-state index in [0.29, 0.717) is 37.6 Å². The van der Waals surface area contributed by atoms with Crippen molar-refractivity contribution < 1.29 is 38.1 Å². The summed E-state index contributed by atoms with van der Waals surface area (Å²) in [6, 6.07) is 9.90. The molecular weight excluding hydrogens is 468 g/mol. The van der Waals surface area contributed by atoms with Crippen LogP contribution in [0.1, 0.15) is 34.0 Å². The molecule has 2 aliphatic heterocycles. The van der Waals surface area contributed by atoms with Crippen molar-refractivity contribution in [2.75, 3.05) is 40.0 Å². The van der Waals surface area contributed by atoms with Gasteiger partial charge in [-0.05, 0) is 42.0 Å². The molecular formula is C26H26N2O8. The van der Waals surface area contributed by atoms with Gasteiger partial charge in [-0.3, -0.25) is 14.5 Å². The van der Waals surface area contributed by atoms with E-state index in [-0.39, 0.29) is 35.4 Å². The lowest BCUT2D eigenvalue weighted by Gasteiger charge is -2.37. The van der Waals surface area contributed by atoms with Crippen molar-refractivity contribution in [1.82, 2.24) is 9.80 Å². The molecule has 3 aromatic rings. The molecule has 0 saturated carbocycles. The summed E-state index contributed by atoms with van der Waals surface area (Å²) in [6.45, 7) is 2.45. The van der Waals surface area contributed by atoms with Gasteiger partial charge in [-0.2, -0.15) is 0 Å². The van der Waals surface area contributed by atoms with Crippen molar-refractivity contribution in [2.45, 2.75) is 12.1 Å². The van der Waals surface area contributed by atoms with Crippen LogP contribution in [0.15, 0.2) is 75.2 Å². The van der Waals surface area contributed by atoms with E-state index in [2.05, 4.69) is 4.90 Å². The number of carbonyl (C=O) groups is 2. The highest BCUT2D eigenvalue weighted by atomic mass is 16.5. The van der Waals surface area contributed by atoms with Crippen LogP contribution in [0, 0.1) is 0 Å². The maximum atomic E-state index is 13.5. The summed E-state index contributed by atoms with van der Waals surface area (Å²) in [5.41, 5.74) is 0.375. The minimum atomic E-state index is -0.955.